The highest BCUT2D eigenvalue weighted by atomic mass is 19.2. The molecule has 1 fully saturated rings. The van der Waals surface area contributed by atoms with Crippen molar-refractivity contribution in [2.75, 3.05) is 6.61 Å². The predicted molar refractivity (Wildman–Crippen MR) is 160 cm³/mol. The van der Waals surface area contributed by atoms with E-state index in [1.165, 1.54) is 32.1 Å². The Kier molecular flexibility index (Phi) is 11.7. The third kappa shape index (κ3) is 8.00. The number of hydrogen-bond acceptors (Lipinski definition) is 1. The lowest BCUT2D eigenvalue weighted by Gasteiger charge is -2.29. The van der Waals surface area contributed by atoms with Gasteiger partial charge in [-0.15, -0.1) is 0 Å². The van der Waals surface area contributed by atoms with Crippen molar-refractivity contribution in [1.29, 1.82) is 0 Å². The van der Waals surface area contributed by atoms with Crippen molar-refractivity contribution in [3.63, 3.8) is 0 Å². The summed E-state index contributed by atoms with van der Waals surface area (Å²) in [5.74, 6) is -1.23. The van der Waals surface area contributed by atoms with Crippen LogP contribution in [0.4, 0.5) is 13.2 Å². The van der Waals surface area contributed by atoms with Crippen molar-refractivity contribution in [1.82, 2.24) is 0 Å². The molecule has 1 aliphatic rings. The van der Waals surface area contributed by atoms with Gasteiger partial charge in [-0.3, -0.25) is 0 Å². The zero-order valence-electron chi connectivity index (χ0n) is 24.3. The second-order valence-electron chi connectivity index (χ2n) is 11.5. The minimum absolute atomic E-state index is 0.194. The van der Waals surface area contributed by atoms with Crippen LogP contribution in [0.2, 0.25) is 0 Å². The molecule has 3 aromatic carbocycles. The van der Waals surface area contributed by atoms with E-state index in [0.717, 1.165) is 56.1 Å². The van der Waals surface area contributed by atoms with Gasteiger partial charge in [0.25, 0.3) is 0 Å². The van der Waals surface area contributed by atoms with Crippen LogP contribution in [0.15, 0.2) is 54.6 Å². The molecule has 40 heavy (non-hydrogen) atoms. The molecule has 2 unspecified atom stereocenters. The van der Waals surface area contributed by atoms with Gasteiger partial charge >= 0.3 is 0 Å². The molecule has 1 heterocycles. The first-order valence-corrected chi connectivity index (χ1v) is 15.5. The van der Waals surface area contributed by atoms with Gasteiger partial charge in [0, 0.05) is 11.1 Å². The minimum Gasteiger partial charge on any atom is -0.373 e. The van der Waals surface area contributed by atoms with E-state index in [-0.39, 0.29) is 17.5 Å². The zero-order chi connectivity index (χ0) is 28.3. The van der Waals surface area contributed by atoms with Gasteiger partial charge in [-0.1, -0.05) is 114 Å². The van der Waals surface area contributed by atoms with E-state index in [2.05, 4.69) is 13.8 Å². The number of halogens is 3. The van der Waals surface area contributed by atoms with Gasteiger partial charge in [0.2, 0.25) is 0 Å². The summed E-state index contributed by atoms with van der Waals surface area (Å²) in [6.07, 6.45) is 14.0. The predicted octanol–water partition coefficient (Wildman–Crippen LogP) is 11.4. The van der Waals surface area contributed by atoms with Crippen molar-refractivity contribution in [2.45, 2.75) is 103 Å². The van der Waals surface area contributed by atoms with E-state index < -0.39 is 11.6 Å². The Labute approximate surface area is 239 Å². The fourth-order valence-electron chi connectivity index (χ4n) is 5.95. The summed E-state index contributed by atoms with van der Waals surface area (Å²) >= 11 is 0. The molecular formula is C36H45F3O. The molecule has 4 rings (SSSR count). The molecule has 0 amide bonds. The largest absolute Gasteiger partial charge is 0.373 e. The lowest BCUT2D eigenvalue weighted by molar-refractivity contribution is -0.0211. The molecule has 0 bridgehead atoms. The summed E-state index contributed by atoms with van der Waals surface area (Å²) < 4.78 is 51.0. The molecule has 1 aliphatic heterocycles. The highest BCUT2D eigenvalue weighted by molar-refractivity contribution is 5.71. The summed E-state index contributed by atoms with van der Waals surface area (Å²) in [5.41, 5.74) is 3.49. The molecule has 0 spiro atoms. The smallest absolute Gasteiger partial charge is 0.166 e. The maximum atomic E-state index is 15.1. The van der Waals surface area contributed by atoms with Gasteiger partial charge in [0.1, 0.15) is 5.82 Å². The van der Waals surface area contributed by atoms with Crippen LogP contribution in [0.25, 0.3) is 22.3 Å². The first kappa shape index (κ1) is 30.4. The fourth-order valence-corrected chi connectivity index (χ4v) is 5.95. The average molecular weight is 551 g/mol. The molecule has 2 atom stereocenters. The Morgan fingerprint density at radius 2 is 1.35 bits per heavy atom. The molecule has 3 aromatic rings. The maximum absolute atomic E-state index is 15.1. The van der Waals surface area contributed by atoms with E-state index in [0.29, 0.717) is 35.6 Å². The SMILES string of the molecule is CCCCCCCCCCc1ccc(-c2ccc(-c3ccc(C4CCC(CCC)CO4)c(F)c3)cc2)c(F)c1F. The van der Waals surface area contributed by atoms with Crippen molar-refractivity contribution >= 4 is 0 Å². The quantitative estimate of drug-likeness (QED) is 0.181. The highest BCUT2D eigenvalue weighted by Crippen LogP contribution is 2.35. The van der Waals surface area contributed by atoms with Gasteiger partial charge in [0.15, 0.2) is 11.6 Å². The second-order valence-corrected chi connectivity index (χ2v) is 11.5. The van der Waals surface area contributed by atoms with E-state index in [1.54, 1.807) is 30.3 Å². The monoisotopic (exact) mass is 550 g/mol. The third-order valence-corrected chi connectivity index (χ3v) is 8.41. The summed E-state index contributed by atoms with van der Waals surface area (Å²) in [6.45, 7) is 5.09. The molecule has 1 saturated heterocycles. The molecule has 0 saturated carbocycles. The van der Waals surface area contributed by atoms with Crippen molar-refractivity contribution in [2.24, 2.45) is 5.92 Å². The van der Waals surface area contributed by atoms with Gasteiger partial charge in [-0.2, -0.15) is 0 Å². The number of benzene rings is 3. The first-order valence-electron chi connectivity index (χ1n) is 15.5. The van der Waals surface area contributed by atoms with E-state index in [4.69, 9.17) is 4.74 Å². The molecule has 0 aromatic heterocycles. The fraction of sp³-hybridized carbons (Fsp3) is 0.500. The molecule has 0 N–H and O–H groups in total. The van der Waals surface area contributed by atoms with Crippen LogP contribution in [-0.4, -0.2) is 6.61 Å². The molecule has 0 aliphatic carbocycles. The van der Waals surface area contributed by atoms with Crippen LogP contribution in [0, 0.1) is 23.4 Å². The van der Waals surface area contributed by atoms with E-state index >= 15 is 8.78 Å². The average Bonchev–Trinajstić information content (AvgIpc) is 2.97. The maximum Gasteiger partial charge on any atom is 0.166 e. The number of hydrogen-bond donors (Lipinski definition) is 0. The zero-order valence-corrected chi connectivity index (χ0v) is 24.3. The van der Waals surface area contributed by atoms with Crippen LogP contribution in [0.5, 0.6) is 0 Å². The standard InChI is InChI=1S/C36H45F3O/c1-3-5-6-7-8-9-10-11-13-29-19-21-31(36(39)35(29)38)28-17-15-27(16-18-28)30-20-22-32(33(37)24-30)34-23-14-26(12-4-2)25-40-34/h15-22,24,26,34H,3-14,23,25H2,1-2H3. The third-order valence-electron chi connectivity index (χ3n) is 8.41. The van der Waals surface area contributed by atoms with Gasteiger partial charge in [-0.05, 0) is 66.3 Å². The van der Waals surface area contributed by atoms with Crippen LogP contribution >= 0.6 is 0 Å². The van der Waals surface area contributed by atoms with Gasteiger partial charge in [0.05, 0.1) is 12.7 Å². The van der Waals surface area contributed by atoms with E-state index in [1.807, 2.05) is 24.3 Å². The van der Waals surface area contributed by atoms with Crippen molar-refractivity contribution < 1.29 is 17.9 Å². The van der Waals surface area contributed by atoms with Crippen LogP contribution in [0.3, 0.4) is 0 Å². The highest BCUT2D eigenvalue weighted by Gasteiger charge is 2.25. The molecule has 4 heteroatoms. The summed E-state index contributed by atoms with van der Waals surface area (Å²) in [4.78, 5) is 0. The molecule has 1 nitrogen and oxygen atoms in total. The molecular weight excluding hydrogens is 505 g/mol. The summed E-state index contributed by atoms with van der Waals surface area (Å²) in [7, 11) is 0. The normalized spacial score (nSPS) is 17.3. The Morgan fingerprint density at radius 3 is 2.00 bits per heavy atom. The van der Waals surface area contributed by atoms with Crippen LogP contribution in [0.1, 0.15) is 108 Å². The number of aryl methyl sites for hydroxylation is 1. The lowest BCUT2D eigenvalue weighted by Crippen LogP contribution is -2.21. The Bertz CT molecular complexity index is 1200. The second kappa shape index (κ2) is 15.4. The Morgan fingerprint density at radius 1 is 0.675 bits per heavy atom. The summed E-state index contributed by atoms with van der Waals surface area (Å²) in [6, 6.07) is 15.9. The van der Waals surface area contributed by atoms with Crippen molar-refractivity contribution in [3.05, 3.63) is 83.2 Å². The first-order chi connectivity index (χ1) is 19.5. The minimum atomic E-state index is -0.797. The molecule has 216 valence electrons. The Hall–Kier alpha value is -2.59. The topological polar surface area (TPSA) is 9.23 Å². The number of unbranched alkanes of at least 4 members (excludes halogenated alkanes) is 7. The van der Waals surface area contributed by atoms with Gasteiger partial charge in [-0.25, -0.2) is 13.2 Å². The van der Waals surface area contributed by atoms with Crippen molar-refractivity contribution in [3.8, 4) is 22.3 Å². The number of rotatable bonds is 14. The Balaban J connectivity index is 1.35. The van der Waals surface area contributed by atoms with Crippen LogP contribution < -0.4 is 0 Å². The lowest BCUT2D eigenvalue weighted by atomic mass is 9.91. The van der Waals surface area contributed by atoms with Crippen LogP contribution in [-0.2, 0) is 11.2 Å². The molecule has 0 radical (unpaired) electrons. The van der Waals surface area contributed by atoms with Gasteiger partial charge < -0.3 is 4.74 Å². The summed E-state index contributed by atoms with van der Waals surface area (Å²) in [5, 5.41) is 0. The number of ether oxygens (including phenoxy) is 1. The van der Waals surface area contributed by atoms with E-state index in [9.17, 15) is 4.39 Å².